The molecule has 3 nitrogen and oxygen atoms in total. The van der Waals surface area contributed by atoms with Crippen molar-refractivity contribution in [2.45, 2.75) is 57.8 Å². The molecule has 0 rings (SSSR count). The molecule has 90 valence electrons. The largest absolute Gasteiger partial charge is 0.330 e. The number of carbonyl (C=O) groups is 1. The van der Waals surface area contributed by atoms with E-state index >= 15 is 0 Å². The van der Waals surface area contributed by atoms with E-state index in [1.54, 1.807) is 0 Å². The Balaban J connectivity index is 2.95. The van der Waals surface area contributed by atoms with Gasteiger partial charge in [0.15, 0.2) is 0 Å². The second-order valence-electron chi connectivity index (χ2n) is 4.11. The summed E-state index contributed by atoms with van der Waals surface area (Å²) < 4.78 is 0. The lowest BCUT2D eigenvalue weighted by molar-refractivity contribution is -0.117. The molecule has 0 saturated carbocycles. The summed E-state index contributed by atoms with van der Waals surface area (Å²) in [5.41, 5.74) is 10.6. The summed E-state index contributed by atoms with van der Waals surface area (Å²) in [6, 6.07) is 0. The maximum Gasteiger partial charge on any atom is 0.146 e. The summed E-state index contributed by atoms with van der Waals surface area (Å²) in [6.07, 6.45) is 10.4. The standard InChI is InChI=1S/C12H26N2O/c13-10-8-6-4-2-1-3-5-7-9-12(15)11-14/h1-11,13-14H2. The minimum atomic E-state index is 0.193. The SMILES string of the molecule is NCCCCCCCCCCC(=O)CN. The van der Waals surface area contributed by atoms with Gasteiger partial charge in [0, 0.05) is 6.42 Å². The molecule has 0 saturated heterocycles. The molecule has 0 aliphatic heterocycles. The van der Waals surface area contributed by atoms with Crippen LogP contribution in [-0.4, -0.2) is 18.9 Å². The van der Waals surface area contributed by atoms with Crippen LogP contribution in [0.5, 0.6) is 0 Å². The molecule has 0 heterocycles. The zero-order valence-corrected chi connectivity index (χ0v) is 9.84. The number of ketones is 1. The first-order valence-corrected chi connectivity index (χ1v) is 6.23. The Morgan fingerprint density at radius 3 is 1.67 bits per heavy atom. The van der Waals surface area contributed by atoms with E-state index in [-0.39, 0.29) is 12.3 Å². The number of hydrogen-bond donors (Lipinski definition) is 2. The topological polar surface area (TPSA) is 69.1 Å². The monoisotopic (exact) mass is 214 g/mol. The third kappa shape index (κ3) is 11.5. The molecular formula is C12H26N2O. The Morgan fingerprint density at radius 2 is 1.20 bits per heavy atom. The van der Waals surface area contributed by atoms with Gasteiger partial charge in [-0.1, -0.05) is 38.5 Å². The first-order chi connectivity index (χ1) is 7.31. The molecule has 3 heteroatoms. The van der Waals surface area contributed by atoms with Gasteiger partial charge < -0.3 is 11.5 Å². The molecule has 0 aliphatic rings. The van der Waals surface area contributed by atoms with Gasteiger partial charge in [-0.3, -0.25) is 4.79 Å². The predicted molar refractivity (Wildman–Crippen MR) is 64.7 cm³/mol. The Labute approximate surface area is 93.6 Å². The predicted octanol–water partition coefficient (Wildman–Crippen LogP) is 1.98. The highest BCUT2D eigenvalue weighted by atomic mass is 16.1. The van der Waals surface area contributed by atoms with E-state index in [9.17, 15) is 4.79 Å². The van der Waals surface area contributed by atoms with Gasteiger partial charge in [0.2, 0.25) is 0 Å². The van der Waals surface area contributed by atoms with Crippen molar-refractivity contribution in [1.29, 1.82) is 0 Å². The van der Waals surface area contributed by atoms with Crippen LogP contribution in [0.1, 0.15) is 57.8 Å². The van der Waals surface area contributed by atoms with Gasteiger partial charge in [-0.15, -0.1) is 0 Å². The summed E-state index contributed by atoms with van der Waals surface area (Å²) in [5, 5.41) is 0. The van der Waals surface area contributed by atoms with Crippen molar-refractivity contribution >= 4 is 5.78 Å². The van der Waals surface area contributed by atoms with Crippen LogP contribution in [-0.2, 0) is 4.79 Å². The zero-order chi connectivity index (χ0) is 11.4. The number of unbranched alkanes of at least 4 members (excludes halogenated alkanes) is 7. The molecule has 0 radical (unpaired) electrons. The smallest absolute Gasteiger partial charge is 0.146 e. The maximum absolute atomic E-state index is 10.9. The Hall–Kier alpha value is -0.410. The lowest BCUT2D eigenvalue weighted by atomic mass is 10.1. The van der Waals surface area contributed by atoms with E-state index in [1.807, 2.05) is 0 Å². The average Bonchev–Trinajstić information content (AvgIpc) is 2.26. The maximum atomic E-state index is 10.9. The first-order valence-electron chi connectivity index (χ1n) is 6.23. The fourth-order valence-electron chi connectivity index (χ4n) is 1.63. The summed E-state index contributed by atoms with van der Waals surface area (Å²) in [7, 11) is 0. The molecule has 0 spiro atoms. The Kier molecular flexibility index (Phi) is 11.3. The van der Waals surface area contributed by atoms with Crippen molar-refractivity contribution in [3.63, 3.8) is 0 Å². The van der Waals surface area contributed by atoms with Crippen LogP contribution in [0.4, 0.5) is 0 Å². The lowest BCUT2D eigenvalue weighted by Crippen LogP contribution is -2.12. The molecule has 0 atom stereocenters. The molecule has 15 heavy (non-hydrogen) atoms. The number of rotatable bonds is 11. The van der Waals surface area contributed by atoms with E-state index in [0.717, 1.165) is 19.4 Å². The number of hydrogen-bond acceptors (Lipinski definition) is 3. The van der Waals surface area contributed by atoms with Crippen LogP contribution < -0.4 is 11.5 Å². The fraction of sp³-hybridized carbons (Fsp3) is 0.917. The van der Waals surface area contributed by atoms with Crippen LogP contribution in [0.15, 0.2) is 0 Å². The van der Waals surface area contributed by atoms with E-state index in [1.165, 1.54) is 38.5 Å². The van der Waals surface area contributed by atoms with Gasteiger partial charge in [0.05, 0.1) is 6.54 Å². The summed E-state index contributed by atoms with van der Waals surface area (Å²) in [4.78, 5) is 10.9. The molecule has 0 amide bonds. The average molecular weight is 214 g/mol. The van der Waals surface area contributed by atoms with E-state index in [0.29, 0.717) is 6.42 Å². The van der Waals surface area contributed by atoms with Gasteiger partial charge in [0.1, 0.15) is 5.78 Å². The van der Waals surface area contributed by atoms with Crippen molar-refractivity contribution in [2.75, 3.05) is 13.1 Å². The van der Waals surface area contributed by atoms with Gasteiger partial charge in [-0.05, 0) is 19.4 Å². The third-order valence-corrected chi connectivity index (χ3v) is 2.64. The first kappa shape index (κ1) is 14.6. The fourth-order valence-corrected chi connectivity index (χ4v) is 1.63. The highest BCUT2D eigenvalue weighted by Crippen LogP contribution is 2.09. The van der Waals surface area contributed by atoms with Crippen molar-refractivity contribution in [3.8, 4) is 0 Å². The number of carbonyl (C=O) groups excluding carboxylic acids is 1. The van der Waals surface area contributed by atoms with Crippen LogP contribution in [0.2, 0.25) is 0 Å². The molecule has 0 unspecified atom stereocenters. The van der Waals surface area contributed by atoms with Crippen molar-refractivity contribution in [1.82, 2.24) is 0 Å². The minimum absolute atomic E-state index is 0.193. The second-order valence-corrected chi connectivity index (χ2v) is 4.11. The van der Waals surface area contributed by atoms with Gasteiger partial charge in [-0.2, -0.15) is 0 Å². The second kappa shape index (κ2) is 11.7. The summed E-state index contributed by atoms with van der Waals surface area (Å²) in [6.45, 7) is 1.03. The molecule has 0 fully saturated rings. The van der Waals surface area contributed by atoms with Crippen LogP contribution in [0.3, 0.4) is 0 Å². The number of nitrogens with two attached hydrogens (primary N) is 2. The van der Waals surface area contributed by atoms with Crippen molar-refractivity contribution < 1.29 is 4.79 Å². The van der Waals surface area contributed by atoms with E-state index < -0.39 is 0 Å². The summed E-state index contributed by atoms with van der Waals surface area (Å²) >= 11 is 0. The molecule has 0 aromatic rings. The Morgan fingerprint density at radius 1 is 0.733 bits per heavy atom. The highest BCUT2D eigenvalue weighted by Gasteiger charge is 1.97. The molecule has 0 aliphatic carbocycles. The van der Waals surface area contributed by atoms with Crippen LogP contribution in [0.25, 0.3) is 0 Å². The van der Waals surface area contributed by atoms with Gasteiger partial charge in [0.25, 0.3) is 0 Å². The molecule has 0 bridgehead atoms. The Bertz CT molecular complexity index is 149. The molecule has 0 aromatic carbocycles. The van der Waals surface area contributed by atoms with Gasteiger partial charge in [-0.25, -0.2) is 0 Å². The van der Waals surface area contributed by atoms with Crippen LogP contribution in [0, 0.1) is 0 Å². The van der Waals surface area contributed by atoms with E-state index in [2.05, 4.69) is 0 Å². The van der Waals surface area contributed by atoms with Gasteiger partial charge >= 0.3 is 0 Å². The normalized spacial score (nSPS) is 10.5. The van der Waals surface area contributed by atoms with Crippen molar-refractivity contribution in [3.05, 3.63) is 0 Å². The molecular weight excluding hydrogens is 188 g/mol. The number of Topliss-reactive ketones (excluding diaryl/α,β-unsaturated/α-hetero) is 1. The molecule has 4 N–H and O–H groups in total. The minimum Gasteiger partial charge on any atom is -0.330 e. The lowest BCUT2D eigenvalue weighted by Gasteiger charge is -2.01. The molecule has 0 aromatic heterocycles. The summed E-state index contributed by atoms with van der Waals surface area (Å²) in [5.74, 6) is 0.193. The zero-order valence-electron chi connectivity index (χ0n) is 9.84. The van der Waals surface area contributed by atoms with E-state index in [4.69, 9.17) is 11.5 Å². The quantitative estimate of drug-likeness (QED) is 0.517. The van der Waals surface area contributed by atoms with Crippen molar-refractivity contribution in [2.24, 2.45) is 11.5 Å². The highest BCUT2D eigenvalue weighted by molar-refractivity contribution is 5.80. The third-order valence-electron chi connectivity index (χ3n) is 2.64. The van der Waals surface area contributed by atoms with Crippen LogP contribution >= 0.6 is 0 Å².